The van der Waals surface area contributed by atoms with Crippen LogP contribution in [0.2, 0.25) is 0 Å². The van der Waals surface area contributed by atoms with Crippen molar-refractivity contribution in [2.45, 2.75) is 66.4 Å². The highest BCUT2D eigenvalue weighted by Gasteiger charge is 2.29. The molecule has 5 heteroatoms. The van der Waals surface area contributed by atoms with E-state index < -0.39 is 11.9 Å². The van der Waals surface area contributed by atoms with E-state index in [2.05, 4.69) is 33.8 Å². The molecule has 0 aliphatic heterocycles. The summed E-state index contributed by atoms with van der Waals surface area (Å²) >= 11 is 0. The van der Waals surface area contributed by atoms with E-state index in [1.807, 2.05) is 36.4 Å². The van der Waals surface area contributed by atoms with Crippen molar-refractivity contribution in [1.29, 1.82) is 0 Å². The van der Waals surface area contributed by atoms with Gasteiger partial charge in [0, 0.05) is 5.56 Å². The number of hydrogen-bond acceptors (Lipinski definition) is 3. The maximum absolute atomic E-state index is 15.0. The van der Waals surface area contributed by atoms with Gasteiger partial charge in [-0.1, -0.05) is 71.4 Å². The topological polar surface area (TPSA) is 55.8 Å². The summed E-state index contributed by atoms with van der Waals surface area (Å²) in [6, 6.07) is 18.5. The Kier molecular flexibility index (Phi) is 9.36. The van der Waals surface area contributed by atoms with E-state index in [1.165, 1.54) is 6.07 Å². The fourth-order valence-corrected chi connectivity index (χ4v) is 4.79. The molecule has 3 rings (SSSR count). The molecule has 198 valence electrons. The molecule has 1 N–H and O–H groups in total. The summed E-state index contributed by atoms with van der Waals surface area (Å²) in [7, 11) is 1.59. The van der Waals surface area contributed by atoms with Crippen LogP contribution >= 0.6 is 0 Å². The van der Waals surface area contributed by atoms with E-state index in [-0.39, 0.29) is 17.2 Å². The highest BCUT2D eigenvalue weighted by atomic mass is 19.1. The van der Waals surface area contributed by atoms with Gasteiger partial charge in [-0.3, -0.25) is 4.79 Å². The lowest BCUT2D eigenvalue weighted by atomic mass is 9.71. The molecule has 0 bridgehead atoms. The van der Waals surface area contributed by atoms with E-state index in [9.17, 15) is 9.90 Å². The van der Waals surface area contributed by atoms with Crippen LogP contribution in [0.5, 0.6) is 11.5 Å². The summed E-state index contributed by atoms with van der Waals surface area (Å²) in [4.78, 5) is 11.2. The molecule has 0 saturated heterocycles. The molecule has 1 unspecified atom stereocenters. The van der Waals surface area contributed by atoms with Gasteiger partial charge in [-0.25, -0.2) is 4.39 Å². The molecule has 2 atom stereocenters. The number of aliphatic carboxylic acids is 1. The molecule has 0 radical (unpaired) electrons. The molecular weight excluding hydrogens is 467 g/mol. The lowest BCUT2D eigenvalue weighted by molar-refractivity contribution is -0.141. The van der Waals surface area contributed by atoms with Crippen LogP contribution in [-0.4, -0.2) is 18.2 Å². The number of carboxylic acids is 1. The third-order valence-electron chi connectivity index (χ3n) is 7.38. The predicted molar refractivity (Wildman–Crippen MR) is 147 cm³/mol. The van der Waals surface area contributed by atoms with Crippen molar-refractivity contribution < 1.29 is 23.8 Å². The van der Waals surface area contributed by atoms with E-state index >= 15 is 4.39 Å². The number of hydrogen-bond donors (Lipinski definition) is 1. The minimum absolute atomic E-state index is 0.0213. The van der Waals surface area contributed by atoms with Crippen molar-refractivity contribution in [2.75, 3.05) is 7.11 Å². The zero-order valence-corrected chi connectivity index (χ0v) is 22.8. The Bertz CT molecular complexity index is 1220. The largest absolute Gasteiger partial charge is 0.497 e. The second-order valence-electron chi connectivity index (χ2n) is 10.6. The second kappa shape index (κ2) is 12.3. The van der Waals surface area contributed by atoms with Crippen LogP contribution in [0, 0.1) is 17.2 Å². The highest BCUT2D eigenvalue weighted by molar-refractivity contribution is 5.71. The monoisotopic (exact) mass is 506 g/mol. The molecule has 0 aromatic heterocycles. The Morgan fingerprint density at radius 2 is 1.73 bits per heavy atom. The standard InChI is InChI=1S/C32H39FO4/c1-7-15-32(4,5)22(3)28-18-24(11-13-27(28)29-19-25(36-6)12-14-30(29)33)20-37-26-10-8-9-23(17-26)16-21(2)31(34)35/h8-14,17-19,21-22H,7,15-16,20H2,1-6H3,(H,34,35)/t21-,22?/m1/s1. The van der Waals surface area contributed by atoms with Gasteiger partial charge in [0.15, 0.2) is 0 Å². The minimum Gasteiger partial charge on any atom is -0.497 e. The number of halogens is 1. The lowest BCUT2D eigenvalue weighted by Crippen LogP contribution is -2.20. The Morgan fingerprint density at radius 3 is 2.41 bits per heavy atom. The highest BCUT2D eigenvalue weighted by Crippen LogP contribution is 2.44. The number of methoxy groups -OCH3 is 1. The fourth-order valence-electron chi connectivity index (χ4n) is 4.79. The number of carboxylic acid groups (broad SMARTS) is 1. The fraction of sp³-hybridized carbons (Fsp3) is 0.406. The first-order chi connectivity index (χ1) is 17.6. The van der Waals surface area contributed by atoms with Gasteiger partial charge in [0.25, 0.3) is 0 Å². The Hall–Kier alpha value is -3.34. The van der Waals surface area contributed by atoms with E-state index in [4.69, 9.17) is 9.47 Å². The van der Waals surface area contributed by atoms with Crippen LogP contribution in [0.25, 0.3) is 11.1 Å². The first-order valence-corrected chi connectivity index (χ1v) is 13.0. The molecule has 3 aromatic rings. The summed E-state index contributed by atoms with van der Waals surface area (Å²) in [6.07, 6.45) is 2.57. The van der Waals surface area contributed by atoms with Crippen LogP contribution in [0.4, 0.5) is 4.39 Å². The Morgan fingerprint density at radius 1 is 0.973 bits per heavy atom. The number of rotatable bonds is 12. The average molecular weight is 507 g/mol. The Labute approximate surface area is 220 Å². The van der Waals surface area contributed by atoms with Gasteiger partial charge in [-0.15, -0.1) is 0 Å². The summed E-state index contributed by atoms with van der Waals surface area (Å²) in [5, 5.41) is 9.22. The van der Waals surface area contributed by atoms with Crippen LogP contribution in [0.15, 0.2) is 60.7 Å². The van der Waals surface area contributed by atoms with Crippen molar-refractivity contribution in [3.05, 3.63) is 83.2 Å². The van der Waals surface area contributed by atoms with E-state index in [0.29, 0.717) is 30.1 Å². The molecular formula is C32H39FO4. The summed E-state index contributed by atoms with van der Waals surface area (Å²) in [6.45, 7) is 11.0. The third-order valence-corrected chi connectivity index (χ3v) is 7.38. The van der Waals surface area contributed by atoms with E-state index in [0.717, 1.165) is 35.1 Å². The second-order valence-corrected chi connectivity index (χ2v) is 10.6. The Balaban J connectivity index is 1.94. The molecule has 0 aliphatic carbocycles. The predicted octanol–water partition coefficient (Wildman–Crippen LogP) is 8.27. The number of carbonyl (C=O) groups is 1. The van der Waals surface area contributed by atoms with Crippen LogP contribution in [0.3, 0.4) is 0 Å². The normalized spacial score (nSPS) is 13.2. The zero-order valence-electron chi connectivity index (χ0n) is 22.8. The van der Waals surface area contributed by atoms with Crippen LogP contribution < -0.4 is 9.47 Å². The first kappa shape index (κ1) is 28.2. The quantitative estimate of drug-likeness (QED) is 0.269. The molecule has 0 spiro atoms. The molecule has 0 aliphatic rings. The van der Waals surface area contributed by atoms with Crippen LogP contribution in [-0.2, 0) is 17.8 Å². The number of ether oxygens (including phenoxy) is 2. The van der Waals surface area contributed by atoms with Crippen molar-refractivity contribution in [3.63, 3.8) is 0 Å². The van der Waals surface area contributed by atoms with Crippen LogP contribution in [0.1, 0.15) is 70.1 Å². The summed E-state index contributed by atoms with van der Waals surface area (Å²) in [5.41, 5.74) is 4.41. The van der Waals surface area contributed by atoms with Gasteiger partial charge >= 0.3 is 5.97 Å². The molecule has 37 heavy (non-hydrogen) atoms. The molecule has 0 heterocycles. The van der Waals surface area contributed by atoms with Gasteiger partial charge in [0.1, 0.15) is 23.9 Å². The van der Waals surface area contributed by atoms with Crippen molar-refractivity contribution in [1.82, 2.24) is 0 Å². The first-order valence-electron chi connectivity index (χ1n) is 13.0. The van der Waals surface area contributed by atoms with Crippen molar-refractivity contribution >= 4 is 5.97 Å². The lowest BCUT2D eigenvalue weighted by Gasteiger charge is -2.34. The van der Waals surface area contributed by atoms with Crippen molar-refractivity contribution in [3.8, 4) is 22.6 Å². The third kappa shape index (κ3) is 7.12. The minimum atomic E-state index is -0.813. The zero-order chi connectivity index (χ0) is 27.2. The number of benzene rings is 3. The molecule has 4 nitrogen and oxygen atoms in total. The van der Waals surface area contributed by atoms with Gasteiger partial charge in [0.05, 0.1) is 13.0 Å². The molecule has 0 saturated carbocycles. The smallest absolute Gasteiger partial charge is 0.306 e. The maximum Gasteiger partial charge on any atom is 0.306 e. The van der Waals surface area contributed by atoms with E-state index in [1.54, 1.807) is 26.2 Å². The summed E-state index contributed by atoms with van der Waals surface area (Å²) in [5.74, 6) is -0.0686. The molecule has 0 fully saturated rings. The molecule has 3 aromatic carbocycles. The maximum atomic E-state index is 15.0. The summed E-state index contributed by atoms with van der Waals surface area (Å²) < 4.78 is 26.5. The van der Waals surface area contributed by atoms with Gasteiger partial charge in [-0.05, 0) is 76.8 Å². The van der Waals surface area contributed by atoms with Crippen molar-refractivity contribution in [2.24, 2.45) is 11.3 Å². The van der Waals surface area contributed by atoms with Gasteiger partial charge in [-0.2, -0.15) is 0 Å². The van der Waals surface area contributed by atoms with Gasteiger partial charge in [0.2, 0.25) is 0 Å². The average Bonchev–Trinajstić information content (AvgIpc) is 2.87. The van der Waals surface area contributed by atoms with Gasteiger partial charge < -0.3 is 14.6 Å². The SMILES string of the molecule is CCCC(C)(C)C(C)c1cc(COc2cccc(C[C@@H](C)C(=O)O)c2)ccc1-c1cc(OC)ccc1F. The molecule has 0 amide bonds.